The second kappa shape index (κ2) is 7.50. The number of para-hydroxylation sites is 2. The van der Waals surface area contributed by atoms with Gasteiger partial charge in [-0.3, -0.25) is 24.1 Å². The number of fused-ring (bicyclic) bond motifs is 2. The Hall–Kier alpha value is -2.71. The van der Waals surface area contributed by atoms with Gasteiger partial charge in [-0.15, -0.1) is 0 Å². The summed E-state index contributed by atoms with van der Waals surface area (Å²) in [4.78, 5) is 31.7. The van der Waals surface area contributed by atoms with Gasteiger partial charge in [0.05, 0.1) is 23.6 Å². The van der Waals surface area contributed by atoms with Crippen LogP contribution in [0.4, 0.5) is 17.1 Å². The average molecular weight is 370 g/mol. The molecule has 3 rings (SSSR count). The van der Waals surface area contributed by atoms with E-state index in [1.54, 1.807) is 18.0 Å². The SMILES string of the molecule is Cc1nn(C)c2c1N(C(=O)CN(C)CCN(C)C)c1ccccc1NC2=O. The lowest BCUT2D eigenvalue weighted by molar-refractivity contribution is -0.118. The van der Waals surface area contributed by atoms with E-state index < -0.39 is 0 Å². The van der Waals surface area contributed by atoms with Crippen LogP contribution >= 0.6 is 0 Å². The van der Waals surface area contributed by atoms with E-state index in [2.05, 4.69) is 15.3 Å². The summed E-state index contributed by atoms with van der Waals surface area (Å²) in [6, 6.07) is 7.34. The molecule has 2 heterocycles. The van der Waals surface area contributed by atoms with Gasteiger partial charge in [0, 0.05) is 20.1 Å². The number of aryl methyl sites for hydroxylation is 2. The molecule has 1 aliphatic heterocycles. The second-order valence-electron chi connectivity index (χ2n) is 7.15. The fraction of sp³-hybridized carbons (Fsp3) is 0.421. The molecule has 0 bridgehead atoms. The summed E-state index contributed by atoms with van der Waals surface area (Å²) in [5, 5.41) is 7.27. The summed E-state index contributed by atoms with van der Waals surface area (Å²) >= 11 is 0. The third kappa shape index (κ3) is 3.72. The minimum Gasteiger partial charge on any atom is -0.319 e. The highest BCUT2D eigenvalue weighted by atomic mass is 16.2. The van der Waals surface area contributed by atoms with Crippen molar-refractivity contribution in [3.8, 4) is 0 Å². The van der Waals surface area contributed by atoms with Gasteiger partial charge < -0.3 is 10.2 Å². The molecule has 0 atom stereocenters. The highest BCUT2D eigenvalue weighted by Gasteiger charge is 2.34. The minimum absolute atomic E-state index is 0.0995. The van der Waals surface area contributed by atoms with Crippen LogP contribution in [0.15, 0.2) is 24.3 Å². The molecule has 0 saturated heterocycles. The van der Waals surface area contributed by atoms with E-state index in [-0.39, 0.29) is 18.4 Å². The molecule has 2 amide bonds. The highest BCUT2D eigenvalue weighted by Crippen LogP contribution is 2.39. The number of likely N-dealkylation sites (N-methyl/N-ethyl adjacent to an activating group) is 2. The Kier molecular flexibility index (Phi) is 5.29. The number of nitrogens with zero attached hydrogens (tertiary/aromatic N) is 5. The van der Waals surface area contributed by atoms with Crippen molar-refractivity contribution in [2.75, 3.05) is 51.0 Å². The monoisotopic (exact) mass is 370 g/mol. The Morgan fingerprint density at radius 3 is 2.59 bits per heavy atom. The summed E-state index contributed by atoms with van der Waals surface area (Å²) in [5.41, 5.74) is 2.84. The number of hydrogen-bond donors (Lipinski definition) is 1. The number of anilines is 3. The van der Waals surface area contributed by atoms with Crippen LogP contribution in [0.5, 0.6) is 0 Å². The fourth-order valence-corrected chi connectivity index (χ4v) is 3.26. The van der Waals surface area contributed by atoms with Gasteiger partial charge in [-0.25, -0.2) is 0 Å². The number of aromatic nitrogens is 2. The summed E-state index contributed by atoms with van der Waals surface area (Å²) in [6.45, 7) is 3.68. The number of hydrogen-bond acceptors (Lipinski definition) is 5. The van der Waals surface area contributed by atoms with Crippen LogP contribution in [0.1, 0.15) is 16.2 Å². The highest BCUT2D eigenvalue weighted by molar-refractivity contribution is 6.17. The number of carbonyl (C=O) groups is 2. The first kappa shape index (κ1) is 19.1. The quantitative estimate of drug-likeness (QED) is 0.862. The maximum atomic E-state index is 13.3. The zero-order chi connectivity index (χ0) is 19.7. The largest absolute Gasteiger partial charge is 0.319 e. The lowest BCUT2D eigenvalue weighted by Crippen LogP contribution is -2.39. The molecule has 0 aliphatic carbocycles. The van der Waals surface area contributed by atoms with Gasteiger partial charge in [0.1, 0.15) is 5.69 Å². The molecular formula is C19H26N6O2. The fourth-order valence-electron chi connectivity index (χ4n) is 3.26. The maximum absolute atomic E-state index is 13.3. The molecule has 0 saturated carbocycles. The predicted octanol–water partition coefficient (Wildman–Crippen LogP) is 1.45. The molecule has 1 aromatic heterocycles. The Morgan fingerprint density at radius 1 is 1.19 bits per heavy atom. The normalized spacial score (nSPS) is 13.4. The lowest BCUT2D eigenvalue weighted by atomic mass is 10.2. The number of benzene rings is 1. The van der Waals surface area contributed by atoms with Crippen LogP contribution in [0.2, 0.25) is 0 Å². The third-order valence-electron chi connectivity index (χ3n) is 4.61. The molecular weight excluding hydrogens is 344 g/mol. The van der Waals surface area contributed by atoms with Crippen LogP contribution in [-0.4, -0.2) is 72.2 Å². The first-order valence-corrected chi connectivity index (χ1v) is 8.89. The number of amides is 2. The Labute approximate surface area is 159 Å². The summed E-state index contributed by atoms with van der Waals surface area (Å²) in [6.07, 6.45) is 0. The molecule has 27 heavy (non-hydrogen) atoms. The van der Waals surface area contributed by atoms with Crippen LogP contribution < -0.4 is 10.2 Å². The second-order valence-corrected chi connectivity index (χ2v) is 7.15. The molecule has 0 unspecified atom stereocenters. The summed E-state index contributed by atoms with van der Waals surface area (Å²) in [7, 11) is 7.64. The van der Waals surface area contributed by atoms with Crippen molar-refractivity contribution in [1.29, 1.82) is 0 Å². The van der Waals surface area contributed by atoms with Crippen molar-refractivity contribution < 1.29 is 9.59 Å². The van der Waals surface area contributed by atoms with Gasteiger partial charge in [0.25, 0.3) is 5.91 Å². The molecule has 1 aromatic carbocycles. The van der Waals surface area contributed by atoms with Crippen LogP contribution in [0, 0.1) is 6.92 Å². The molecule has 2 aromatic rings. The number of nitrogens with one attached hydrogen (secondary N) is 1. The van der Waals surface area contributed by atoms with Crippen molar-refractivity contribution in [1.82, 2.24) is 19.6 Å². The first-order chi connectivity index (χ1) is 12.8. The van der Waals surface area contributed by atoms with Crippen molar-refractivity contribution in [3.63, 3.8) is 0 Å². The van der Waals surface area contributed by atoms with Crippen LogP contribution in [0.3, 0.4) is 0 Å². The zero-order valence-corrected chi connectivity index (χ0v) is 16.5. The standard InChI is InChI=1S/C19H26N6O2/c1-13-17-18(24(5)21-13)19(27)20-14-8-6-7-9-15(14)25(17)16(26)12-23(4)11-10-22(2)3/h6-9H,10-12H2,1-5H3,(H,20,27). The van der Waals surface area contributed by atoms with Gasteiger partial charge in [-0.05, 0) is 40.2 Å². The van der Waals surface area contributed by atoms with E-state index in [4.69, 9.17) is 0 Å². The smallest absolute Gasteiger partial charge is 0.276 e. The third-order valence-corrected chi connectivity index (χ3v) is 4.61. The van der Waals surface area contributed by atoms with E-state index in [9.17, 15) is 9.59 Å². The van der Waals surface area contributed by atoms with Crippen LogP contribution in [0.25, 0.3) is 0 Å². The van der Waals surface area contributed by atoms with E-state index in [1.807, 2.05) is 51.2 Å². The van der Waals surface area contributed by atoms with Crippen molar-refractivity contribution in [2.45, 2.75) is 6.92 Å². The van der Waals surface area contributed by atoms with E-state index >= 15 is 0 Å². The van der Waals surface area contributed by atoms with E-state index in [1.165, 1.54) is 4.68 Å². The lowest BCUT2D eigenvalue weighted by Gasteiger charge is -2.26. The van der Waals surface area contributed by atoms with Crippen molar-refractivity contribution in [2.24, 2.45) is 7.05 Å². The molecule has 0 radical (unpaired) electrons. The predicted molar refractivity (Wildman–Crippen MR) is 106 cm³/mol. The number of carbonyl (C=O) groups excluding carboxylic acids is 2. The average Bonchev–Trinajstić information content (AvgIpc) is 2.81. The molecule has 8 nitrogen and oxygen atoms in total. The summed E-state index contributed by atoms with van der Waals surface area (Å²) < 4.78 is 1.53. The van der Waals surface area contributed by atoms with Crippen molar-refractivity contribution >= 4 is 28.9 Å². The minimum atomic E-state index is -0.267. The topological polar surface area (TPSA) is 73.7 Å². The van der Waals surface area contributed by atoms with E-state index in [0.29, 0.717) is 28.5 Å². The first-order valence-electron chi connectivity index (χ1n) is 8.89. The molecule has 144 valence electrons. The molecule has 0 spiro atoms. The zero-order valence-electron chi connectivity index (χ0n) is 16.5. The summed E-state index contributed by atoms with van der Waals surface area (Å²) in [5.74, 6) is -0.366. The van der Waals surface area contributed by atoms with E-state index in [0.717, 1.165) is 13.1 Å². The molecule has 1 aliphatic rings. The van der Waals surface area contributed by atoms with Gasteiger partial charge in [-0.2, -0.15) is 5.10 Å². The van der Waals surface area contributed by atoms with Crippen molar-refractivity contribution in [3.05, 3.63) is 35.7 Å². The number of rotatable bonds is 5. The Bertz CT molecular complexity index is 873. The Morgan fingerprint density at radius 2 is 1.89 bits per heavy atom. The molecule has 1 N–H and O–H groups in total. The maximum Gasteiger partial charge on any atom is 0.276 e. The van der Waals surface area contributed by atoms with Gasteiger partial charge >= 0.3 is 0 Å². The molecule has 0 fully saturated rings. The van der Waals surface area contributed by atoms with Gasteiger partial charge in [0.15, 0.2) is 5.69 Å². The molecule has 8 heteroatoms. The van der Waals surface area contributed by atoms with Crippen LogP contribution in [-0.2, 0) is 11.8 Å². The van der Waals surface area contributed by atoms with Gasteiger partial charge in [-0.1, -0.05) is 12.1 Å². The Balaban J connectivity index is 2.02. The van der Waals surface area contributed by atoms with Gasteiger partial charge in [0.2, 0.25) is 5.91 Å².